The van der Waals surface area contributed by atoms with Crippen LogP contribution in [-0.4, -0.2) is 94.6 Å². The van der Waals surface area contributed by atoms with Crippen LogP contribution < -0.4 is 21.3 Å². The molecule has 1 aliphatic rings. The summed E-state index contributed by atoms with van der Waals surface area (Å²) in [4.78, 5) is 64.5. The number of aromatic nitrogens is 2. The maximum Gasteiger partial charge on any atom is 0.318 e. The van der Waals surface area contributed by atoms with Crippen molar-refractivity contribution < 1.29 is 23.9 Å². The summed E-state index contributed by atoms with van der Waals surface area (Å²) < 4.78 is 6.02. The van der Waals surface area contributed by atoms with Gasteiger partial charge in [0, 0.05) is 33.0 Å². The quantitative estimate of drug-likeness (QED) is 0.169. The number of benzene rings is 1. The average molecular weight is 687 g/mol. The van der Waals surface area contributed by atoms with Crippen LogP contribution in [0.15, 0.2) is 79.1 Å². The number of amides is 6. The highest BCUT2D eigenvalue weighted by atomic mass is 16.6. The van der Waals surface area contributed by atoms with E-state index < -0.39 is 18.1 Å². The predicted molar refractivity (Wildman–Crippen MR) is 189 cm³/mol. The minimum Gasteiger partial charge on any atom is -0.365 e. The number of epoxide rings is 1. The third-order valence-corrected chi connectivity index (χ3v) is 8.52. The summed E-state index contributed by atoms with van der Waals surface area (Å²) >= 11 is 0. The average Bonchev–Trinajstić information content (AvgIpc) is 3.88. The number of rotatable bonds is 16. The molecule has 0 radical (unpaired) electrons. The van der Waals surface area contributed by atoms with Gasteiger partial charge in [0.05, 0.1) is 30.5 Å². The Labute approximate surface area is 294 Å². The lowest BCUT2D eigenvalue weighted by molar-refractivity contribution is -0.125. The standard InChI is InChI=1S/C37H50N8O5/c1-24(2)31(42-36(48)44(5)22-27-16-10-12-18-38-27)34(46)40-21-30-33(50-30)29(20-26-14-8-7-9-15-26)41-35(47)32(25(3)4)43-37(49)45(6)23-28-17-11-13-19-39-28/h7-19,24-25,29-33H,20-23H2,1-6H3,(H,40,46)(H,41,47)(H,42,48)(H,43,49)/t29-,30-,31-,32-,33+/m0/s1. The Morgan fingerprint density at radius 1 is 0.700 bits per heavy atom. The maximum atomic E-state index is 13.7. The second-order valence-corrected chi connectivity index (χ2v) is 13.4. The number of carbonyl (C=O) groups excluding carboxylic acids is 4. The van der Waals surface area contributed by atoms with E-state index in [0.717, 1.165) is 17.0 Å². The lowest BCUT2D eigenvalue weighted by Gasteiger charge is -2.27. The highest BCUT2D eigenvalue weighted by Crippen LogP contribution is 2.27. The lowest BCUT2D eigenvalue weighted by Crippen LogP contribution is -2.56. The fourth-order valence-electron chi connectivity index (χ4n) is 5.54. The lowest BCUT2D eigenvalue weighted by atomic mass is 9.98. The Balaban J connectivity index is 1.35. The fourth-order valence-corrected chi connectivity index (χ4v) is 5.54. The zero-order valence-electron chi connectivity index (χ0n) is 29.7. The van der Waals surface area contributed by atoms with Gasteiger partial charge in [-0.25, -0.2) is 9.59 Å². The molecule has 1 aromatic carbocycles. The van der Waals surface area contributed by atoms with Gasteiger partial charge in [-0.1, -0.05) is 70.2 Å². The van der Waals surface area contributed by atoms with Crippen LogP contribution in [-0.2, 0) is 33.8 Å². The Morgan fingerprint density at radius 3 is 1.68 bits per heavy atom. The smallest absolute Gasteiger partial charge is 0.318 e. The van der Waals surface area contributed by atoms with Crippen LogP contribution in [0, 0.1) is 11.8 Å². The summed E-state index contributed by atoms with van der Waals surface area (Å²) in [6.45, 7) is 8.28. The highest BCUT2D eigenvalue weighted by Gasteiger charge is 2.46. The molecule has 4 rings (SSSR count). The molecule has 3 aromatic rings. The monoisotopic (exact) mass is 686 g/mol. The number of hydrogen-bond donors (Lipinski definition) is 4. The number of ether oxygens (including phenoxy) is 1. The van der Waals surface area contributed by atoms with Crippen molar-refractivity contribution in [2.75, 3.05) is 20.6 Å². The molecule has 0 aliphatic carbocycles. The molecule has 5 atom stereocenters. The predicted octanol–water partition coefficient (Wildman–Crippen LogP) is 3.12. The molecule has 1 fully saturated rings. The summed E-state index contributed by atoms with van der Waals surface area (Å²) in [7, 11) is 3.31. The van der Waals surface area contributed by atoms with Crippen molar-refractivity contribution in [3.8, 4) is 0 Å². The number of hydrogen-bond acceptors (Lipinski definition) is 7. The topological polar surface area (TPSA) is 161 Å². The van der Waals surface area contributed by atoms with Gasteiger partial charge in [-0.2, -0.15) is 0 Å². The fraction of sp³-hybridized carbons (Fsp3) is 0.459. The first-order valence-corrected chi connectivity index (χ1v) is 17.0. The first-order chi connectivity index (χ1) is 23.9. The SMILES string of the molecule is CC(C)[C@H](NC(=O)N(C)Cc1ccccn1)C(=O)NC[C@@H]1O[C@@H]1[C@H](Cc1ccccc1)NC(=O)[C@@H](NC(=O)N(C)Cc1ccccn1)C(C)C. The van der Waals surface area contributed by atoms with E-state index in [0.29, 0.717) is 19.5 Å². The van der Waals surface area contributed by atoms with Crippen LogP contribution in [0.1, 0.15) is 44.6 Å². The third kappa shape index (κ3) is 11.3. The molecule has 0 spiro atoms. The summed E-state index contributed by atoms with van der Waals surface area (Å²) in [5, 5.41) is 11.8. The van der Waals surface area contributed by atoms with Crippen LogP contribution in [0.3, 0.4) is 0 Å². The van der Waals surface area contributed by atoms with Gasteiger partial charge < -0.3 is 35.8 Å². The maximum absolute atomic E-state index is 13.7. The van der Waals surface area contributed by atoms with E-state index in [4.69, 9.17) is 4.74 Å². The normalized spacial score (nSPS) is 16.9. The molecule has 0 unspecified atom stereocenters. The summed E-state index contributed by atoms with van der Waals surface area (Å²) in [5.41, 5.74) is 2.48. The van der Waals surface area contributed by atoms with Crippen LogP contribution >= 0.6 is 0 Å². The highest BCUT2D eigenvalue weighted by molar-refractivity contribution is 5.88. The number of pyridine rings is 2. The molecule has 1 saturated heterocycles. The second kappa shape index (κ2) is 18.1. The van der Waals surface area contributed by atoms with Gasteiger partial charge in [-0.15, -0.1) is 0 Å². The van der Waals surface area contributed by atoms with E-state index >= 15 is 0 Å². The molecule has 268 valence electrons. The van der Waals surface area contributed by atoms with Crippen molar-refractivity contribution in [3.05, 3.63) is 96.1 Å². The van der Waals surface area contributed by atoms with Crippen LogP contribution in [0.4, 0.5) is 9.59 Å². The van der Waals surface area contributed by atoms with Crippen molar-refractivity contribution in [1.82, 2.24) is 41.0 Å². The molecular formula is C37H50N8O5. The number of carbonyl (C=O) groups is 4. The van der Waals surface area contributed by atoms with E-state index in [1.807, 2.05) is 94.4 Å². The molecule has 1 aliphatic heterocycles. The van der Waals surface area contributed by atoms with Crippen molar-refractivity contribution in [3.63, 3.8) is 0 Å². The summed E-state index contributed by atoms with van der Waals surface area (Å²) in [6.07, 6.45) is 3.11. The van der Waals surface area contributed by atoms with Gasteiger partial charge in [-0.05, 0) is 48.1 Å². The molecule has 6 amide bonds. The van der Waals surface area contributed by atoms with Crippen LogP contribution in [0.25, 0.3) is 0 Å². The molecule has 0 saturated carbocycles. The van der Waals surface area contributed by atoms with Crippen molar-refractivity contribution in [2.45, 2.75) is 77.5 Å². The van der Waals surface area contributed by atoms with E-state index in [1.54, 1.807) is 26.5 Å². The Bertz CT molecular complexity index is 1540. The van der Waals surface area contributed by atoms with Crippen LogP contribution in [0.2, 0.25) is 0 Å². The minimum absolute atomic E-state index is 0.172. The summed E-state index contributed by atoms with van der Waals surface area (Å²) in [5.74, 6) is -1.01. The molecule has 50 heavy (non-hydrogen) atoms. The van der Waals surface area contributed by atoms with E-state index in [-0.39, 0.29) is 54.5 Å². The van der Waals surface area contributed by atoms with E-state index in [2.05, 4.69) is 31.2 Å². The molecular weight excluding hydrogens is 636 g/mol. The molecule has 2 aromatic heterocycles. The Kier molecular flexibility index (Phi) is 13.7. The zero-order valence-corrected chi connectivity index (χ0v) is 29.7. The van der Waals surface area contributed by atoms with Gasteiger partial charge in [0.15, 0.2) is 0 Å². The minimum atomic E-state index is -0.796. The molecule has 3 heterocycles. The number of nitrogens with one attached hydrogen (secondary N) is 4. The van der Waals surface area contributed by atoms with Gasteiger partial charge in [0.2, 0.25) is 11.8 Å². The zero-order chi connectivity index (χ0) is 36.2. The molecule has 13 nitrogen and oxygen atoms in total. The first kappa shape index (κ1) is 37.8. The van der Waals surface area contributed by atoms with Crippen molar-refractivity contribution >= 4 is 23.9 Å². The first-order valence-electron chi connectivity index (χ1n) is 17.0. The van der Waals surface area contributed by atoms with Crippen molar-refractivity contribution in [1.29, 1.82) is 0 Å². The molecule has 4 N–H and O–H groups in total. The van der Waals surface area contributed by atoms with E-state index in [9.17, 15) is 19.2 Å². The second-order valence-electron chi connectivity index (χ2n) is 13.4. The largest absolute Gasteiger partial charge is 0.365 e. The van der Waals surface area contributed by atoms with Crippen molar-refractivity contribution in [2.24, 2.45) is 11.8 Å². The molecule has 13 heteroatoms. The number of urea groups is 2. The van der Waals surface area contributed by atoms with Gasteiger partial charge in [0.1, 0.15) is 24.3 Å². The third-order valence-electron chi connectivity index (χ3n) is 8.52. The van der Waals surface area contributed by atoms with Crippen LogP contribution in [0.5, 0.6) is 0 Å². The van der Waals surface area contributed by atoms with Gasteiger partial charge in [-0.3, -0.25) is 19.6 Å². The van der Waals surface area contributed by atoms with Gasteiger partial charge >= 0.3 is 12.1 Å². The molecule has 0 bridgehead atoms. The Morgan fingerprint density at radius 2 is 1.20 bits per heavy atom. The number of nitrogens with zero attached hydrogens (tertiary/aromatic N) is 4. The summed E-state index contributed by atoms with van der Waals surface area (Å²) in [6, 6.07) is 18.0. The van der Waals surface area contributed by atoms with E-state index in [1.165, 1.54) is 9.80 Å². The van der Waals surface area contributed by atoms with Gasteiger partial charge in [0.25, 0.3) is 0 Å². The Hall–Kier alpha value is -5.04.